The third kappa shape index (κ3) is 9.34. The van der Waals surface area contributed by atoms with E-state index < -0.39 is 5.60 Å². The molecule has 0 radical (unpaired) electrons. The van der Waals surface area contributed by atoms with Crippen LogP contribution in [0.15, 0.2) is 0 Å². The van der Waals surface area contributed by atoms with Crippen LogP contribution in [0.2, 0.25) is 0 Å². The summed E-state index contributed by atoms with van der Waals surface area (Å²) >= 11 is 0. The van der Waals surface area contributed by atoms with E-state index in [2.05, 4.69) is 5.32 Å². The molecule has 0 saturated carbocycles. The van der Waals surface area contributed by atoms with Gasteiger partial charge in [-0.05, 0) is 19.3 Å². The van der Waals surface area contributed by atoms with Gasteiger partial charge >= 0.3 is 0 Å². The molecule has 0 fully saturated rings. The molecule has 13 heavy (non-hydrogen) atoms. The number of amides is 1. The summed E-state index contributed by atoms with van der Waals surface area (Å²) in [4.78, 5) is 11.3. The van der Waals surface area contributed by atoms with Gasteiger partial charge in [-0.2, -0.15) is 0 Å². The van der Waals surface area contributed by atoms with E-state index in [0.717, 1.165) is 0 Å². The lowest BCUT2D eigenvalue weighted by Crippen LogP contribution is -2.39. The summed E-state index contributed by atoms with van der Waals surface area (Å²) in [7, 11) is 0. The molecule has 0 rings (SSSR count). The summed E-state index contributed by atoms with van der Waals surface area (Å²) in [6.07, 6.45) is 0.489. The van der Waals surface area contributed by atoms with Crippen LogP contribution in [0.3, 0.4) is 0 Å². The lowest BCUT2D eigenvalue weighted by atomic mass is 9.92. The van der Waals surface area contributed by atoms with Gasteiger partial charge in [0.25, 0.3) is 0 Å². The number of aliphatic hydroxyl groups is 1. The molecule has 78 valence electrons. The van der Waals surface area contributed by atoms with Gasteiger partial charge in [0.2, 0.25) is 5.91 Å². The van der Waals surface area contributed by atoms with Crippen LogP contribution in [-0.4, -0.2) is 23.2 Å². The fourth-order valence-electron chi connectivity index (χ4n) is 0.859. The number of hydrogen-bond donors (Lipinski definition) is 2. The third-order valence-electron chi connectivity index (χ3n) is 1.41. The number of carbonyl (C=O) groups is 1. The third-order valence-corrected chi connectivity index (χ3v) is 1.41. The standard InChI is InChI=1S/C10H21NO2/c1-9(2,3)6-8(12)11-7-10(4,5)13/h13H,6-7H2,1-5H3,(H,11,12). The maximum absolute atomic E-state index is 11.3. The summed E-state index contributed by atoms with van der Waals surface area (Å²) in [6, 6.07) is 0. The summed E-state index contributed by atoms with van der Waals surface area (Å²) in [5, 5.41) is 12.0. The predicted molar refractivity (Wildman–Crippen MR) is 53.4 cm³/mol. The van der Waals surface area contributed by atoms with Crippen molar-refractivity contribution in [3.05, 3.63) is 0 Å². The first kappa shape index (κ1) is 12.4. The highest BCUT2D eigenvalue weighted by atomic mass is 16.3. The second-order valence-corrected chi connectivity index (χ2v) is 5.33. The maximum atomic E-state index is 11.3. The Morgan fingerprint density at radius 1 is 1.23 bits per heavy atom. The van der Waals surface area contributed by atoms with Gasteiger partial charge in [0, 0.05) is 13.0 Å². The average molecular weight is 187 g/mol. The van der Waals surface area contributed by atoms with Crippen LogP contribution in [0.5, 0.6) is 0 Å². The van der Waals surface area contributed by atoms with E-state index in [0.29, 0.717) is 13.0 Å². The summed E-state index contributed by atoms with van der Waals surface area (Å²) < 4.78 is 0. The second kappa shape index (κ2) is 4.09. The Balaban J connectivity index is 3.78. The molecule has 0 aliphatic rings. The molecule has 0 atom stereocenters. The number of nitrogens with one attached hydrogen (secondary N) is 1. The number of rotatable bonds is 3. The molecule has 0 heterocycles. The van der Waals surface area contributed by atoms with Crippen LogP contribution in [0.25, 0.3) is 0 Å². The normalized spacial score (nSPS) is 12.8. The molecule has 0 bridgehead atoms. The van der Waals surface area contributed by atoms with Gasteiger partial charge in [-0.15, -0.1) is 0 Å². The topological polar surface area (TPSA) is 49.3 Å². The smallest absolute Gasteiger partial charge is 0.220 e. The fourth-order valence-corrected chi connectivity index (χ4v) is 0.859. The van der Waals surface area contributed by atoms with Gasteiger partial charge < -0.3 is 10.4 Å². The Bertz CT molecular complexity index is 174. The monoisotopic (exact) mass is 187 g/mol. The minimum Gasteiger partial charge on any atom is -0.389 e. The van der Waals surface area contributed by atoms with Crippen LogP contribution in [0.4, 0.5) is 0 Å². The van der Waals surface area contributed by atoms with Crippen molar-refractivity contribution < 1.29 is 9.90 Å². The molecular formula is C10H21NO2. The maximum Gasteiger partial charge on any atom is 0.220 e. The molecule has 3 nitrogen and oxygen atoms in total. The zero-order valence-corrected chi connectivity index (χ0v) is 9.27. The van der Waals surface area contributed by atoms with Gasteiger partial charge in [-0.25, -0.2) is 0 Å². The van der Waals surface area contributed by atoms with E-state index in [1.807, 2.05) is 20.8 Å². The van der Waals surface area contributed by atoms with Crippen molar-refractivity contribution in [1.29, 1.82) is 0 Å². The van der Waals surface area contributed by atoms with Gasteiger partial charge in [0.15, 0.2) is 0 Å². The molecule has 3 heteroatoms. The Morgan fingerprint density at radius 2 is 1.69 bits per heavy atom. The summed E-state index contributed by atoms with van der Waals surface area (Å²) in [6.45, 7) is 9.68. The van der Waals surface area contributed by atoms with Crippen molar-refractivity contribution in [2.45, 2.75) is 46.6 Å². The molecule has 0 unspecified atom stereocenters. The summed E-state index contributed by atoms with van der Waals surface area (Å²) in [5.74, 6) is -0.00498. The van der Waals surface area contributed by atoms with Crippen molar-refractivity contribution in [3.8, 4) is 0 Å². The van der Waals surface area contributed by atoms with Gasteiger partial charge in [0.1, 0.15) is 0 Å². The molecule has 0 aromatic carbocycles. The Hall–Kier alpha value is -0.570. The largest absolute Gasteiger partial charge is 0.389 e. The van der Waals surface area contributed by atoms with Crippen molar-refractivity contribution in [2.24, 2.45) is 5.41 Å². The van der Waals surface area contributed by atoms with Crippen molar-refractivity contribution in [2.75, 3.05) is 6.54 Å². The van der Waals surface area contributed by atoms with Crippen LogP contribution in [-0.2, 0) is 4.79 Å². The Labute approximate surface area is 80.5 Å². The SMILES string of the molecule is CC(C)(C)CC(=O)NCC(C)(C)O. The van der Waals surface area contributed by atoms with E-state index in [-0.39, 0.29) is 11.3 Å². The minimum atomic E-state index is -0.826. The molecule has 0 aromatic heterocycles. The first-order valence-electron chi connectivity index (χ1n) is 4.59. The van der Waals surface area contributed by atoms with E-state index in [1.54, 1.807) is 13.8 Å². The van der Waals surface area contributed by atoms with Gasteiger partial charge in [-0.1, -0.05) is 20.8 Å². The van der Waals surface area contributed by atoms with E-state index in [4.69, 9.17) is 0 Å². The molecule has 1 amide bonds. The molecule has 0 aliphatic heterocycles. The highest BCUT2D eigenvalue weighted by molar-refractivity contribution is 5.76. The molecule has 0 saturated heterocycles. The molecular weight excluding hydrogens is 166 g/mol. The second-order valence-electron chi connectivity index (χ2n) is 5.33. The molecule has 0 spiro atoms. The predicted octanol–water partition coefficient (Wildman–Crippen LogP) is 1.31. The highest BCUT2D eigenvalue weighted by Gasteiger charge is 2.18. The summed E-state index contributed by atoms with van der Waals surface area (Å²) in [5.41, 5.74) is -0.822. The van der Waals surface area contributed by atoms with Crippen LogP contribution < -0.4 is 5.32 Å². The first-order chi connectivity index (χ1) is 5.60. The first-order valence-corrected chi connectivity index (χ1v) is 4.59. The highest BCUT2D eigenvalue weighted by Crippen LogP contribution is 2.17. The lowest BCUT2D eigenvalue weighted by Gasteiger charge is -2.21. The zero-order valence-electron chi connectivity index (χ0n) is 9.27. The number of hydrogen-bond acceptors (Lipinski definition) is 2. The van der Waals surface area contributed by atoms with Gasteiger partial charge in [-0.3, -0.25) is 4.79 Å². The molecule has 0 aromatic rings. The minimum absolute atomic E-state index is 0.00365. The van der Waals surface area contributed by atoms with E-state index >= 15 is 0 Å². The van der Waals surface area contributed by atoms with Gasteiger partial charge in [0.05, 0.1) is 5.60 Å². The Morgan fingerprint density at radius 3 is 2.00 bits per heavy atom. The number of carbonyl (C=O) groups excluding carboxylic acids is 1. The van der Waals surface area contributed by atoms with Crippen molar-refractivity contribution >= 4 is 5.91 Å². The van der Waals surface area contributed by atoms with Crippen molar-refractivity contribution in [1.82, 2.24) is 5.32 Å². The fraction of sp³-hybridized carbons (Fsp3) is 0.900. The quantitative estimate of drug-likeness (QED) is 0.700. The van der Waals surface area contributed by atoms with E-state index in [9.17, 15) is 9.90 Å². The molecule has 0 aliphatic carbocycles. The van der Waals surface area contributed by atoms with Crippen molar-refractivity contribution in [3.63, 3.8) is 0 Å². The van der Waals surface area contributed by atoms with Crippen LogP contribution in [0.1, 0.15) is 41.0 Å². The van der Waals surface area contributed by atoms with Crippen LogP contribution >= 0.6 is 0 Å². The zero-order chi connectivity index (χ0) is 10.7. The Kier molecular flexibility index (Phi) is 3.91. The molecule has 2 N–H and O–H groups in total. The van der Waals surface area contributed by atoms with E-state index in [1.165, 1.54) is 0 Å². The lowest BCUT2D eigenvalue weighted by molar-refractivity contribution is -0.123. The average Bonchev–Trinajstić information content (AvgIpc) is 1.78. The van der Waals surface area contributed by atoms with Crippen LogP contribution in [0, 0.1) is 5.41 Å².